The summed E-state index contributed by atoms with van der Waals surface area (Å²) >= 11 is 0. The van der Waals surface area contributed by atoms with Crippen molar-refractivity contribution in [2.75, 3.05) is 0 Å². The van der Waals surface area contributed by atoms with Crippen molar-refractivity contribution in [2.45, 2.75) is 50.8 Å². The Labute approximate surface area is 82.5 Å². The molecule has 78 valence electrons. The summed E-state index contributed by atoms with van der Waals surface area (Å²) in [7, 11) is 0. The zero-order valence-corrected chi connectivity index (χ0v) is 8.36. The summed E-state index contributed by atoms with van der Waals surface area (Å²) in [6.07, 6.45) is 1.32. The van der Waals surface area contributed by atoms with E-state index >= 15 is 0 Å². The molecule has 1 aliphatic carbocycles. The third-order valence-corrected chi connectivity index (χ3v) is 3.24. The zero-order chi connectivity index (χ0) is 9.92. The van der Waals surface area contributed by atoms with Crippen molar-refractivity contribution in [3.63, 3.8) is 0 Å². The first-order valence-corrected chi connectivity index (χ1v) is 5.10. The van der Waals surface area contributed by atoms with Crippen LogP contribution in [0.15, 0.2) is 0 Å². The fourth-order valence-corrected chi connectivity index (χ4v) is 2.78. The smallest absolute Gasteiger partial charge is 0.306 e. The molecule has 14 heavy (non-hydrogen) atoms. The summed E-state index contributed by atoms with van der Waals surface area (Å²) in [6.45, 7) is 3.81. The van der Waals surface area contributed by atoms with Gasteiger partial charge in [-0.05, 0) is 20.3 Å². The molecule has 0 aromatic carbocycles. The first-order valence-electron chi connectivity index (χ1n) is 5.10. The summed E-state index contributed by atoms with van der Waals surface area (Å²) in [5.74, 6) is -0.325. The molecule has 4 atom stereocenters. The van der Waals surface area contributed by atoms with Gasteiger partial charge in [0.2, 0.25) is 0 Å². The third kappa shape index (κ3) is 1.10. The largest absolute Gasteiger partial charge is 0.459 e. The van der Waals surface area contributed by atoms with Gasteiger partial charge < -0.3 is 14.2 Å². The Morgan fingerprint density at radius 1 is 1.29 bits per heavy atom. The lowest BCUT2D eigenvalue weighted by atomic mass is 10.0. The van der Waals surface area contributed by atoms with Crippen LogP contribution in [0.1, 0.15) is 26.7 Å². The van der Waals surface area contributed by atoms with Crippen molar-refractivity contribution in [2.24, 2.45) is 5.92 Å². The van der Waals surface area contributed by atoms with E-state index in [1.165, 1.54) is 0 Å². The molecule has 4 nitrogen and oxygen atoms in total. The topological polar surface area (TPSA) is 44.8 Å². The number of carbonyl (C=O) groups is 1. The summed E-state index contributed by atoms with van der Waals surface area (Å²) in [4.78, 5) is 11.2. The number of esters is 1. The monoisotopic (exact) mass is 198 g/mol. The highest BCUT2D eigenvalue weighted by molar-refractivity contribution is 5.71. The summed E-state index contributed by atoms with van der Waals surface area (Å²) < 4.78 is 16.8. The minimum Gasteiger partial charge on any atom is -0.459 e. The second kappa shape index (κ2) is 2.49. The van der Waals surface area contributed by atoms with Crippen molar-refractivity contribution in [3.8, 4) is 0 Å². The molecule has 3 aliphatic rings. The van der Waals surface area contributed by atoms with Gasteiger partial charge in [0, 0.05) is 5.92 Å². The highest BCUT2D eigenvalue weighted by Gasteiger charge is 2.57. The summed E-state index contributed by atoms with van der Waals surface area (Å²) in [6, 6.07) is 0. The van der Waals surface area contributed by atoms with Crippen LogP contribution in [-0.4, -0.2) is 30.1 Å². The Morgan fingerprint density at radius 3 is 2.79 bits per heavy atom. The standard InChI is InChI=1S/C10H14O4/c1-10(2)13-8-5-3-6(9(8)14-10)12-7(11)4-5/h5-6,8-9H,3-4H2,1-2H3. The molecule has 0 N–H and O–H groups in total. The van der Waals surface area contributed by atoms with Crippen LogP contribution in [0.4, 0.5) is 0 Å². The Morgan fingerprint density at radius 2 is 2.00 bits per heavy atom. The quantitative estimate of drug-likeness (QED) is 0.541. The van der Waals surface area contributed by atoms with Gasteiger partial charge in [-0.1, -0.05) is 0 Å². The van der Waals surface area contributed by atoms with Gasteiger partial charge in [-0.2, -0.15) is 0 Å². The molecule has 0 aromatic heterocycles. The predicted molar refractivity (Wildman–Crippen MR) is 46.4 cm³/mol. The molecule has 2 heterocycles. The van der Waals surface area contributed by atoms with E-state index in [-0.39, 0.29) is 24.3 Å². The molecule has 3 fully saturated rings. The molecular formula is C10H14O4. The molecule has 2 bridgehead atoms. The molecule has 4 heteroatoms. The first kappa shape index (κ1) is 8.68. The minimum atomic E-state index is -0.518. The molecule has 0 aromatic rings. The third-order valence-electron chi connectivity index (χ3n) is 3.24. The Balaban J connectivity index is 1.87. The van der Waals surface area contributed by atoms with Crippen molar-refractivity contribution >= 4 is 5.97 Å². The second-order valence-electron chi connectivity index (χ2n) is 4.79. The van der Waals surface area contributed by atoms with Gasteiger partial charge in [0.15, 0.2) is 5.79 Å². The Bertz CT molecular complexity index is 262. The normalized spacial score (nSPS) is 48.9. The van der Waals surface area contributed by atoms with E-state index in [2.05, 4.69) is 0 Å². The van der Waals surface area contributed by atoms with Crippen LogP contribution < -0.4 is 0 Å². The van der Waals surface area contributed by atoms with Gasteiger partial charge in [0.25, 0.3) is 0 Å². The first-order chi connectivity index (χ1) is 6.55. The second-order valence-corrected chi connectivity index (χ2v) is 4.79. The van der Waals surface area contributed by atoms with Gasteiger partial charge in [0.05, 0.1) is 12.5 Å². The Kier molecular flexibility index (Phi) is 1.55. The summed E-state index contributed by atoms with van der Waals surface area (Å²) in [5.41, 5.74) is 0. The van der Waals surface area contributed by atoms with Crippen LogP contribution in [0.25, 0.3) is 0 Å². The number of hydrogen-bond acceptors (Lipinski definition) is 4. The van der Waals surface area contributed by atoms with E-state index in [4.69, 9.17) is 14.2 Å². The van der Waals surface area contributed by atoms with Crippen LogP contribution in [0.5, 0.6) is 0 Å². The van der Waals surface area contributed by atoms with Crippen molar-refractivity contribution < 1.29 is 19.0 Å². The maximum atomic E-state index is 11.2. The predicted octanol–water partition coefficient (Wildman–Crippen LogP) is 0.842. The van der Waals surface area contributed by atoms with Crippen LogP contribution in [0, 0.1) is 5.92 Å². The maximum absolute atomic E-state index is 11.2. The van der Waals surface area contributed by atoms with E-state index in [9.17, 15) is 4.79 Å². The highest BCUT2D eigenvalue weighted by atomic mass is 16.8. The average molecular weight is 198 g/mol. The van der Waals surface area contributed by atoms with Gasteiger partial charge in [0.1, 0.15) is 12.2 Å². The van der Waals surface area contributed by atoms with Gasteiger partial charge >= 0.3 is 5.97 Å². The van der Waals surface area contributed by atoms with E-state index in [0.717, 1.165) is 6.42 Å². The molecule has 2 saturated heterocycles. The zero-order valence-electron chi connectivity index (χ0n) is 8.36. The fourth-order valence-electron chi connectivity index (χ4n) is 2.78. The fraction of sp³-hybridized carbons (Fsp3) is 0.900. The number of rotatable bonds is 0. The lowest BCUT2D eigenvalue weighted by molar-refractivity contribution is -0.187. The molecule has 3 rings (SSSR count). The molecule has 0 spiro atoms. The number of carbonyl (C=O) groups excluding carboxylic acids is 1. The summed E-state index contributed by atoms with van der Waals surface area (Å²) in [5, 5.41) is 0. The number of hydrogen-bond donors (Lipinski definition) is 0. The van der Waals surface area contributed by atoms with Crippen LogP contribution in [0.3, 0.4) is 0 Å². The molecular weight excluding hydrogens is 184 g/mol. The van der Waals surface area contributed by atoms with Crippen molar-refractivity contribution in [1.82, 2.24) is 0 Å². The molecule has 4 unspecified atom stereocenters. The molecule has 0 radical (unpaired) electrons. The molecule has 0 amide bonds. The minimum absolute atomic E-state index is 0.0403. The number of ether oxygens (including phenoxy) is 3. The van der Waals surface area contributed by atoms with Crippen molar-refractivity contribution in [3.05, 3.63) is 0 Å². The molecule has 1 saturated carbocycles. The van der Waals surface area contributed by atoms with Gasteiger partial charge in [-0.15, -0.1) is 0 Å². The van der Waals surface area contributed by atoms with Gasteiger partial charge in [-0.3, -0.25) is 4.79 Å². The van der Waals surface area contributed by atoms with Crippen molar-refractivity contribution in [1.29, 1.82) is 0 Å². The SMILES string of the molecule is CC1(C)OC2C3CC(=O)OC(C3)C2O1. The Hall–Kier alpha value is -0.610. The van der Waals surface area contributed by atoms with E-state index < -0.39 is 5.79 Å². The van der Waals surface area contributed by atoms with Crippen LogP contribution in [0.2, 0.25) is 0 Å². The van der Waals surface area contributed by atoms with E-state index in [1.54, 1.807) is 0 Å². The van der Waals surface area contributed by atoms with E-state index in [1.807, 2.05) is 13.8 Å². The van der Waals surface area contributed by atoms with Crippen LogP contribution in [-0.2, 0) is 19.0 Å². The van der Waals surface area contributed by atoms with Crippen LogP contribution >= 0.6 is 0 Å². The lowest BCUT2D eigenvalue weighted by Crippen LogP contribution is -2.33. The lowest BCUT2D eigenvalue weighted by Gasteiger charge is -2.26. The maximum Gasteiger partial charge on any atom is 0.306 e. The molecule has 2 aliphatic heterocycles. The average Bonchev–Trinajstić information content (AvgIpc) is 2.49. The highest BCUT2D eigenvalue weighted by Crippen LogP contribution is 2.46. The number of fused-ring (bicyclic) bond motifs is 5. The van der Waals surface area contributed by atoms with Gasteiger partial charge in [-0.25, -0.2) is 0 Å². The van der Waals surface area contributed by atoms with E-state index in [0.29, 0.717) is 12.3 Å².